The number of carbonyl (C=O) groups is 2. The van der Waals surface area contributed by atoms with Gasteiger partial charge in [0.2, 0.25) is 0 Å². The number of nitrogens with two attached hydrogens (primary N) is 1. The van der Waals surface area contributed by atoms with Crippen molar-refractivity contribution >= 4 is 24.2 Å². The number of hydrogen-bond acceptors (Lipinski definition) is 5. The Balaban J connectivity index is 0.00000280. The molecular weight excluding hydrogens is 382 g/mol. The fraction of sp³-hybridized carbons (Fsp3) is 0.600. The van der Waals surface area contributed by atoms with Gasteiger partial charge in [-0.05, 0) is 44.4 Å². The summed E-state index contributed by atoms with van der Waals surface area (Å²) in [4.78, 5) is 28.8. The van der Waals surface area contributed by atoms with Gasteiger partial charge >= 0.3 is 0 Å². The van der Waals surface area contributed by atoms with Crippen LogP contribution in [0.15, 0.2) is 24.3 Å². The molecule has 156 valence electrons. The monoisotopic (exact) mass is 411 g/mol. The minimum absolute atomic E-state index is 0. The quantitative estimate of drug-likeness (QED) is 0.790. The average molecular weight is 412 g/mol. The first-order valence-corrected chi connectivity index (χ1v) is 9.64. The third-order valence-corrected chi connectivity index (χ3v) is 5.20. The topological polar surface area (TPSA) is 85.1 Å². The number of nitrogens with zero attached hydrogens (tertiary/aromatic N) is 2. The second-order valence-electron chi connectivity index (χ2n) is 7.29. The number of carbonyl (C=O) groups excluding carboxylic acids is 2. The number of rotatable bonds is 5. The summed E-state index contributed by atoms with van der Waals surface area (Å²) in [5, 5.41) is 0. The van der Waals surface area contributed by atoms with Gasteiger partial charge in [0.1, 0.15) is 11.9 Å². The van der Waals surface area contributed by atoms with Crippen LogP contribution in [0.1, 0.15) is 25.3 Å². The fourth-order valence-corrected chi connectivity index (χ4v) is 3.61. The van der Waals surface area contributed by atoms with Crippen molar-refractivity contribution in [2.45, 2.75) is 45.0 Å². The van der Waals surface area contributed by atoms with E-state index in [1.165, 1.54) is 0 Å². The first-order valence-electron chi connectivity index (χ1n) is 9.64. The van der Waals surface area contributed by atoms with Gasteiger partial charge < -0.3 is 25.0 Å². The second-order valence-corrected chi connectivity index (χ2v) is 7.29. The lowest BCUT2D eigenvalue weighted by atomic mass is 10.1. The maximum atomic E-state index is 12.7. The highest BCUT2D eigenvalue weighted by Gasteiger charge is 2.35. The molecule has 2 aliphatic rings. The molecule has 0 spiro atoms. The van der Waals surface area contributed by atoms with Crippen LogP contribution in [-0.2, 0) is 14.3 Å². The van der Waals surface area contributed by atoms with E-state index in [4.69, 9.17) is 15.2 Å². The second kappa shape index (κ2) is 10.1. The molecule has 0 bridgehead atoms. The molecule has 0 saturated carbocycles. The van der Waals surface area contributed by atoms with E-state index in [0.717, 1.165) is 18.4 Å². The Morgan fingerprint density at radius 1 is 1.21 bits per heavy atom. The van der Waals surface area contributed by atoms with E-state index >= 15 is 0 Å². The minimum Gasteiger partial charge on any atom is -0.481 e. The molecule has 2 heterocycles. The van der Waals surface area contributed by atoms with Crippen LogP contribution in [0.3, 0.4) is 0 Å². The number of aryl methyl sites for hydroxylation is 1. The van der Waals surface area contributed by atoms with E-state index in [0.29, 0.717) is 38.5 Å². The Kier molecular flexibility index (Phi) is 8.10. The summed E-state index contributed by atoms with van der Waals surface area (Å²) < 4.78 is 11.5. The predicted octanol–water partition coefficient (Wildman–Crippen LogP) is 1.36. The lowest BCUT2D eigenvalue weighted by Crippen LogP contribution is -2.55. The summed E-state index contributed by atoms with van der Waals surface area (Å²) in [6, 6.07) is 7.66. The lowest BCUT2D eigenvalue weighted by Gasteiger charge is -2.36. The number of ether oxygens (including phenoxy) is 2. The van der Waals surface area contributed by atoms with Crippen molar-refractivity contribution in [1.29, 1.82) is 0 Å². The highest BCUT2D eigenvalue weighted by atomic mass is 35.5. The van der Waals surface area contributed by atoms with Gasteiger partial charge in [0.15, 0.2) is 6.10 Å². The van der Waals surface area contributed by atoms with Gasteiger partial charge in [0, 0.05) is 32.7 Å². The lowest BCUT2D eigenvalue weighted by molar-refractivity contribution is -0.149. The molecule has 3 rings (SSSR count). The molecule has 2 aliphatic heterocycles. The zero-order valence-corrected chi connectivity index (χ0v) is 17.3. The maximum absolute atomic E-state index is 12.7. The van der Waals surface area contributed by atoms with Crippen molar-refractivity contribution in [2.75, 3.05) is 32.7 Å². The summed E-state index contributed by atoms with van der Waals surface area (Å²) in [5.74, 6) is 0.656. The van der Waals surface area contributed by atoms with Gasteiger partial charge in [-0.1, -0.05) is 12.1 Å². The Labute approximate surface area is 172 Å². The van der Waals surface area contributed by atoms with Crippen molar-refractivity contribution in [3.63, 3.8) is 0 Å². The summed E-state index contributed by atoms with van der Waals surface area (Å²) in [6.45, 7) is 6.27. The molecule has 1 aromatic rings. The van der Waals surface area contributed by atoms with Crippen LogP contribution in [0.25, 0.3) is 0 Å². The summed E-state index contributed by atoms with van der Waals surface area (Å²) in [6.07, 6.45) is 0.601. The Bertz CT molecular complexity index is 679. The van der Waals surface area contributed by atoms with Gasteiger partial charge in [-0.3, -0.25) is 9.59 Å². The van der Waals surface area contributed by atoms with Crippen molar-refractivity contribution in [3.05, 3.63) is 29.8 Å². The highest BCUT2D eigenvalue weighted by Crippen LogP contribution is 2.21. The number of benzene rings is 1. The zero-order chi connectivity index (χ0) is 19.4. The fourth-order valence-electron chi connectivity index (χ4n) is 3.61. The summed E-state index contributed by atoms with van der Waals surface area (Å²) in [5.41, 5.74) is 6.70. The SMILES string of the molecule is Cc1cccc(OC(C)C(=O)N2CCN(C(=O)[C@@H]3CC[C@H](CN)O3)CC2)c1.Cl. The van der Waals surface area contributed by atoms with E-state index in [1.807, 2.05) is 31.2 Å². The Morgan fingerprint density at radius 2 is 1.89 bits per heavy atom. The van der Waals surface area contributed by atoms with Crippen LogP contribution < -0.4 is 10.5 Å². The van der Waals surface area contributed by atoms with Crippen LogP contribution >= 0.6 is 12.4 Å². The van der Waals surface area contributed by atoms with Crippen molar-refractivity contribution in [3.8, 4) is 5.75 Å². The van der Waals surface area contributed by atoms with E-state index in [1.54, 1.807) is 16.7 Å². The number of halogens is 1. The molecule has 0 aromatic heterocycles. The Morgan fingerprint density at radius 3 is 2.50 bits per heavy atom. The van der Waals surface area contributed by atoms with Crippen molar-refractivity contribution in [2.24, 2.45) is 5.73 Å². The van der Waals surface area contributed by atoms with Gasteiger partial charge in [-0.2, -0.15) is 0 Å². The molecule has 7 nitrogen and oxygen atoms in total. The van der Waals surface area contributed by atoms with Crippen LogP contribution in [0.4, 0.5) is 0 Å². The van der Waals surface area contributed by atoms with Crippen LogP contribution in [0, 0.1) is 6.92 Å². The molecule has 1 aromatic carbocycles. The zero-order valence-electron chi connectivity index (χ0n) is 16.5. The van der Waals surface area contributed by atoms with E-state index in [2.05, 4.69) is 0 Å². The summed E-state index contributed by atoms with van der Waals surface area (Å²) >= 11 is 0. The third-order valence-electron chi connectivity index (χ3n) is 5.20. The maximum Gasteiger partial charge on any atom is 0.263 e. The molecule has 3 atom stereocenters. The molecule has 2 N–H and O–H groups in total. The standard InChI is InChI=1S/C20H29N3O4.ClH/c1-14-4-3-5-16(12-14)26-15(2)19(24)22-8-10-23(11-9-22)20(25)18-7-6-17(13-21)27-18;/h3-5,12,15,17-18H,6-11,13,21H2,1-2H3;1H/t15?,17-,18+;/m1./s1. The van der Waals surface area contributed by atoms with E-state index in [9.17, 15) is 9.59 Å². The molecule has 8 heteroatoms. The molecule has 2 saturated heterocycles. The average Bonchev–Trinajstić information content (AvgIpc) is 3.16. The molecule has 2 amide bonds. The van der Waals surface area contributed by atoms with Gasteiger partial charge in [-0.25, -0.2) is 0 Å². The Hall–Kier alpha value is -1.83. The van der Waals surface area contributed by atoms with Crippen LogP contribution in [-0.4, -0.2) is 72.6 Å². The first-order chi connectivity index (χ1) is 13.0. The van der Waals surface area contributed by atoms with Gasteiger partial charge in [0.25, 0.3) is 11.8 Å². The van der Waals surface area contributed by atoms with Crippen LogP contribution in [0.5, 0.6) is 5.75 Å². The number of amides is 2. The number of piperazine rings is 1. The van der Waals surface area contributed by atoms with Crippen molar-refractivity contribution < 1.29 is 19.1 Å². The smallest absolute Gasteiger partial charge is 0.263 e. The highest BCUT2D eigenvalue weighted by molar-refractivity contribution is 5.85. The first kappa shape index (κ1) is 22.5. The van der Waals surface area contributed by atoms with E-state index in [-0.39, 0.29) is 36.4 Å². The minimum atomic E-state index is -0.558. The molecule has 28 heavy (non-hydrogen) atoms. The van der Waals surface area contributed by atoms with E-state index < -0.39 is 6.10 Å². The predicted molar refractivity (Wildman–Crippen MR) is 109 cm³/mol. The van der Waals surface area contributed by atoms with Gasteiger partial charge in [0.05, 0.1) is 6.10 Å². The normalized spacial score (nSPS) is 23.1. The molecule has 2 fully saturated rings. The molecule has 0 radical (unpaired) electrons. The molecule has 1 unspecified atom stereocenters. The number of hydrogen-bond donors (Lipinski definition) is 1. The van der Waals surface area contributed by atoms with Crippen LogP contribution in [0.2, 0.25) is 0 Å². The van der Waals surface area contributed by atoms with Gasteiger partial charge in [-0.15, -0.1) is 12.4 Å². The molecular formula is C20H30ClN3O4. The third kappa shape index (κ3) is 5.37. The largest absolute Gasteiger partial charge is 0.481 e. The molecule has 0 aliphatic carbocycles. The summed E-state index contributed by atoms with van der Waals surface area (Å²) in [7, 11) is 0. The van der Waals surface area contributed by atoms with Crippen molar-refractivity contribution in [1.82, 2.24) is 9.80 Å².